The largest absolute Gasteiger partial charge is 0.340 e. The highest BCUT2D eigenvalue weighted by molar-refractivity contribution is 5.51. The van der Waals surface area contributed by atoms with Crippen LogP contribution in [0.4, 0.5) is 5.69 Å². The first-order valence-corrected chi connectivity index (χ1v) is 5.31. The molecule has 0 unspecified atom stereocenters. The van der Waals surface area contributed by atoms with E-state index in [1.54, 1.807) is 24.3 Å². The van der Waals surface area contributed by atoms with Crippen molar-refractivity contribution in [3.8, 4) is 12.1 Å². The van der Waals surface area contributed by atoms with Crippen LogP contribution in [0, 0.1) is 24.3 Å². The van der Waals surface area contributed by atoms with E-state index >= 15 is 0 Å². The number of aryl methyl sites for hydroxylation is 1. The maximum atomic E-state index is 8.67. The van der Waals surface area contributed by atoms with Crippen molar-refractivity contribution in [2.45, 2.75) is 6.92 Å². The summed E-state index contributed by atoms with van der Waals surface area (Å²) in [6.07, 6.45) is 0. The summed E-state index contributed by atoms with van der Waals surface area (Å²) in [5, 5.41) is 8.67. The lowest BCUT2D eigenvalue weighted by molar-refractivity contribution is 1.46. The minimum absolute atomic E-state index is 0.638. The van der Waals surface area contributed by atoms with Gasteiger partial charge < -0.3 is 0 Å². The van der Waals surface area contributed by atoms with E-state index in [9.17, 15) is 0 Å². The van der Waals surface area contributed by atoms with Crippen molar-refractivity contribution in [3.63, 3.8) is 0 Å². The molecule has 2 rings (SSSR count). The molecule has 0 heterocycles. The van der Waals surface area contributed by atoms with Crippen molar-refractivity contribution in [1.29, 1.82) is 5.26 Å². The fourth-order valence-corrected chi connectivity index (χ4v) is 1.37. The first-order valence-electron chi connectivity index (χ1n) is 5.31. The molecule has 0 bridgehead atoms. The monoisotopic (exact) mass is 219 g/mol. The van der Waals surface area contributed by atoms with Crippen LogP contribution in [0.3, 0.4) is 0 Å². The molecular weight excluding hydrogens is 208 g/mol. The summed E-state index contributed by atoms with van der Waals surface area (Å²) in [5.74, 6) is 0. The Morgan fingerprint density at radius 3 is 2.06 bits per heavy atom. The Hall–Kier alpha value is -2.58. The second kappa shape index (κ2) is 4.96. The van der Waals surface area contributed by atoms with Crippen molar-refractivity contribution >= 4 is 5.69 Å². The fraction of sp³-hybridized carbons (Fsp3) is 0.0667. The molecule has 0 aliphatic rings. The van der Waals surface area contributed by atoms with E-state index in [1.165, 1.54) is 5.56 Å². The molecule has 0 saturated carbocycles. The molecule has 0 N–H and O–H groups in total. The van der Waals surface area contributed by atoms with Crippen LogP contribution in [0.15, 0.2) is 48.5 Å². The lowest BCUT2D eigenvalue weighted by atomic mass is 10.2. The van der Waals surface area contributed by atoms with Crippen molar-refractivity contribution in [2.24, 2.45) is 0 Å². The van der Waals surface area contributed by atoms with Crippen molar-refractivity contribution in [2.75, 3.05) is 0 Å². The van der Waals surface area contributed by atoms with Crippen LogP contribution in [-0.2, 0) is 0 Å². The van der Waals surface area contributed by atoms with Crippen LogP contribution in [0.25, 0.3) is 4.85 Å². The van der Waals surface area contributed by atoms with E-state index in [0.717, 1.165) is 11.3 Å². The molecule has 80 valence electrons. The first kappa shape index (κ1) is 10.9. The Morgan fingerprint density at radius 1 is 0.882 bits per heavy atom. The molecule has 0 amide bonds. The van der Waals surface area contributed by atoms with Crippen LogP contribution in [-0.4, -0.2) is 0 Å². The standard InChI is InChI=1S/C15H11N2/c1-12-2-4-14(5-3-12)11-17-15-8-6-13(10-16)7-9-15/h2-9H,1H3/q+1. The molecule has 2 aromatic carbocycles. The maximum Gasteiger partial charge on any atom is 0.340 e. The summed E-state index contributed by atoms with van der Waals surface area (Å²) in [6, 6.07) is 20.1. The third kappa shape index (κ3) is 2.93. The van der Waals surface area contributed by atoms with Gasteiger partial charge in [-0.2, -0.15) is 5.26 Å². The van der Waals surface area contributed by atoms with E-state index in [4.69, 9.17) is 5.26 Å². The van der Waals surface area contributed by atoms with Gasteiger partial charge in [0.2, 0.25) is 0 Å². The second-order valence-corrected chi connectivity index (χ2v) is 3.75. The zero-order valence-corrected chi connectivity index (χ0v) is 9.51. The highest BCUT2D eigenvalue weighted by atomic mass is 14.7. The fourth-order valence-electron chi connectivity index (χ4n) is 1.37. The Labute approximate surface area is 101 Å². The summed E-state index contributed by atoms with van der Waals surface area (Å²) >= 11 is 0. The molecule has 0 aromatic heterocycles. The summed E-state index contributed by atoms with van der Waals surface area (Å²) < 4.78 is 0. The van der Waals surface area contributed by atoms with Crippen LogP contribution in [0.1, 0.15) is 16.7 Å². The van der Waals surface area contributed by atoms with Crippen LogP contribution in [0.2, 0.25) is 0 Å². The molecule has 2 heteroatoms. The SMILES string of the molecule is Cc1ccc(C#[N+]c2ccc(C#N)cc2)cc1. The highest BCUT2D eigenvalue weighted by Gasteiger charge is 2.01. The Balaban J connectivity index is 2.21. The van der Waals surface area contributed by atoms with Crippen molar-refractivity contribution in [3.05, 3.63) is 70.1 Å². The van der Waals surface area contributed by atoms with Gasteiger partial charge in [-0.1, -0.05) is 17.7 Å². The normalized spacial score (nSPS) is 8.94. The zero-order valence-electron chi connectivity index (χ0n) is 9.51. The molecule has 0 radical (unpaired) electrons. The van der Waals surface area contributed by atoms with Gasteiger partial charge in [0, 0.05) is 12.1 Å². The van der Waals surface area contributed by atoms with Crippen LogP contribution in [0.5, 0.6) is 0 Å². The predicted molar refractivity (Wildman–Crippen MR) is 68.3 cm³/mol. The predicted octanol–water partition coefficient (Wildman–Crippen LogP) is 3.88. The minimum atomic E-state index is 0.638. The Bertz CT molecular complexity index is 605. The van der Waals surface area contributed by atoms with Crippen LogP contribution >= 0.6 is 0 Å². The molecule has 0 aliphatic heterocycles. The molecule has 2 aromatic rings. The average molecular weight is 219 g/mol. The van der Waals surface area contributed by atoms with E-state index in [2.05, 4.69) is 17.0 Å². The molecular formula is C15H11N2+. The summed E-state index contributed by atoms with van der Waals surface area (Å²) in [5.41, 5.74) is 3.60. The van der Waals surface area contributed by atoms with E-state index in [0.29, 0.717) is 5.56 Å². The number of rotatable bonds is 0. The smallest absolute Gasteiger partial charge is 0.192 e. The van der Waals surface area contributed by atoms with Gasteiger partial charge in [-0.15, -0.1) is 0 Å². The summed E-state index contributed by atoms with van der Waals surface area (Å²) in [7, 11) is 0. The van der Waals surface area contributed by atoms with Gasteiger partial charge in [0.1, 0.15) is 5.56 Å². The molecule has 0 spiro atoms. The molecule has 0 atom stereocenters. The van der Waals surface area contributed by atoms with Gasteiger partial charge in [-0.05, 0) is 36.0 Å². The topological polar surface area (TPSA) is 28.1 Å². The molecule has 0 aliphatic carbocycles. The first-order chi connectivity index (χ1) is 8.28. The Kier molecular flexibility index (Phi) is 3.19. The van der Waals surface area contributed by atoms with Gasteiger partial charge in [0.25, 0.3) is 0 Å². The average Bonchev–Trinajstić information content (AvgIpc) is 2.39. The van der Waals surface area contributed by atoms with Crippen molar-refractivity contribution < 1.29 is 0 Å². The van der Waals surface area contributed by atoms with Gasteiger partial charge in [-0.3, -0.25) is 0 Å². The Morgan fingerprint density at radius 2 is 1.47 bits per heavy atom. The molecule has 0 fully saturated rings. The summed E-state index contributed by atoms with van der Waals surface area (Å²) in [4.78, 5) is 4.22. The van der Waals surface area contributed by atoms with Gasteiger partial charge in [0.05, 0.1) is 11.6 Å². The third-order valence-electron chi connectivity index (χ3n) is 2.36. The van der Waals surface area contributed by atoms with Gasteiger partial charge >= 0.3 is 11.8 Å². The van der Waals surface area contributed by atoms with E-state index in [-0.39, 0.29) is 0 Å². The minimum Gasteiger partial charge on any atom is -0.192 e. The third-order valence-corrected chi connectivity index (χ3v) is 2.36. The van der Waals surface area contributed by atoms with Crippen molar-refractivity contribution in [1.82, 2.24) is 0 Å². The molecule has 0 saturated heterocycles. The summed E-state index contributed by atoms with van der Waals surface area (Å²) in [6.45, 7) is 2.04. The molecule has 2 nitrogen and oxygen atoms in total. The molecule has 17 heavy (non-hydrogen) atoms. The number of hydrogen-bond acceptors (Lipinski definition) is 1. The van der Waals surface area contributed by atoms with E-state index < -0.39 is 0 Å². The quantitative estimate of drug-likeness (QED) is 0.660. The number of nitrogens with zero attached hydrogens (tertiary/aromatic N) is 2. The number of benzene rings is 2. The van der Waals surface area contributed by atoms with Gasteiger partial charge in [0.15, 0.2) is 0 Å². The van der Waals surface area contributed by atoms with Gasteiger partial charge in [-0.25, -0.2) is 0 Å². The lowest BCUT2D eigenvalue weighted by Gasteiger charge is -1.87. The highest BCUT2D eigenvalue weighted by Crippen LogP contribution is 2.13. The maximum absolute atomic E-state index is 8.67. The van der Waals surface area contributed by atoms with E-state index in [1.807, 2.05) is 31.2 Å². The van der Waals surface area contributed by atoms with Crippen LogP contribution < -0.4 is 0 Å². The lowest BCUT2D eigenvalue weighted by Crippen LogP contribution is -1.74. The second-order valence-electron chi connectivity index (χ2n) is 3.75. The number of nitriles is 1. The zero-order chi connectivity index (χ0) is 12.1. The number of hydrogen-bond donors (Lipinski definition) is 0.